The minimum Gasteiger partial charge on any atom is -0.341 e. The lowest BCUT2D eigenvalue weighted by atomic mass is 9.99. The third-order valence-electron chi connectivity index (χ3n) is 2.76. The second kappa shape index (κ2) is 5.86. The van der Waals surface area contributed by atoms with E-state index in [1.807, 2.05) is 11.8 Å². The molecular weight excluding hydrogens is 178 g/mol. The molecule has 0 radical (unpaired) electrons. The largest absolute Gasteiger partial charge is 0.341 e. The average Bonchev–Trinajstić information content (AvgIpc) is 2.26. The maximum Gasteiger partial charge on any atom is 0.317 e. The van der Waals surface area contributed by atoms with Crippen molar-refractivity contribution in [2.45, 2.75) is 19.8 Å². The number of carbonyl (C=O) groups is 1. The van der Waals surface area contributed by atoms with Crippen LogP contribution in [0.4, 0.5) is 4.79 Å². The van der Waals surface area contributed by atoms with E-state index in [2.05, 4.69) is 10.6 Å². The zero-order chi connectivity index (χ0) is 10.4. The van der Waals surface area contributed by atoms with Gasteiger partial charge in [0.2, 0.25) is 0 Å². The highest BCUT2D eigenvalue weighted by Crippen LogP contribution is 2.11. The van der Waals surface area contributed by atoms with Gasteiger partial charge in [0.25, 0.3) is 0 Å². The number of carbonyl (C=O) groups excluding carboxylic acids is 1. The molecule has 1 unspecified atom stereocenters. The van der Waals surface area contributed by atoms with Crippen LogP contribution in [0.1, 0.15) is 19.8 Å². The zero-order valence-electron chi connectivity index (χ0n) is 9.18. The van der Waals surface area contributed by atoms with Crippen molar-refractivity contribution in [1.29, 1.82) is 0 Å². The summed E-state index contributed by atoms with van der Waals surface area (Å²) in [5.41, 5.74) is 0. The van der Waals surface area contributed by atoms with Gasteiger partial charge >= 0.3 is 6.03 Å². The highest BCUT2D eigenvalue weighted by Gasteiger charge is 2.18. The van der Waals surface area contributed by atoms with Crippen LogP contribution in [-0.4, -0.2) is 44.2 Å². The molecule has 0 aromatic carbocycles. The first-order valence-corrected chi connectivity index (χ1v) is 5.45. The van der Waals surface area contributed by atoms with Gasteiger partial charge in [-0.25, -0.2) is 4.79 Å². The molecule has 14 heavy (non-hydrogen) atoms. The molecule has 0 saturated carbocycles. The third kappa shape index (κ3) is 3.18. The highest BCUT2D eigenvalue weighted by atomic mass is 16.2. The zero-order valence-corrected chi connectivity index (χ0v) is 9.18. The van der Waals surface area contributed by atoms with Gasteiger partial charge in [0, 0.05) is 20.1 Å². The lowest BCUT2D eigenvalue weighted by molar-refractivity contribution is 0.186. The molecule has 0 aromatic heterocycles. The van der Waals surface area contributed by atoms with Gasteiger partial charge in [-0.2, -0.15) is 0 Å². The van der Waals surface area contributed by atoms with Crippen molar-refractivity contribution in [3.05, 3.63) is 0 Å². The highest BCUT2D eigenvalue weighted by molar-refractivity contribution is 5.73. The van der Waals surface area contributed by atoms with Gasteiger partial charge in [-0.1, -0.05) is 0 Å². The molecule has 1 rings (SSSR count). The fourth-order valence-electron chi connectivity index (χ4n) is 1.91. The van der Waals surface area contributed by atoms with E-state index in [1.165, 1.54) is 12.8 Å². The van der Waals surface area contributed by atoms with Crippen LogP contribution in [0.15, 0.2) is 0 Å². The van der Waals surface area contributed by atoms with Gasteiger partial charge < -0.3 is 15.5 Å². The summed E-state index contributed by atoms with van der Waals surface area (Å²) >= 11 is 0. The summed E-state index contributed by atoms with van der Waals surface area (Å²) in [5, 5.41) is 6.03. The Bertz CT molecular complexity index is 178. The van der Waals surface area contributed by atoms with Crippen LogP contribution in [0.2, 0.25) is 0 Å². The van der Waals surface area contributed by atoms with Crippen molar-refractivity contribution in [2.75, 3.05) is 33.2 Å². The van der Waals surface area contributed by atoms with Gasteiger partial charge in [0.05, 0.1) is 0 Å². The molecule has 1 aliphatic heterocycles. The van der Waals surface area contributed by atoms with Crippen molar-refractivity contribution in [3.63, 3.8) is 0 Å². The van der Waals surface area contributed by atoms with Crippen LogP contribution < -0.4 is 10.6 Å². The van der Waals surface area contributed by atoms with Gasteiger partial charge in [-0.05, 0) is 38.8 Å². The smallest absolute Gasteiger partial charge is 0.317 e. The Morgan fingerprint density at radius 3 is 2.93 bits per heavy atom. The van der Waals surface area contributed by atoms with Crippen LogP contribution in [-0.2, 0) is 0 Å². The first-order chi connectivity index (χ1) is 6.77. The number of nitrogens with zero attached hydrogens (tertiary/aromatic N) is 1. The lowest BCUT2D eigenvalue weighted by Gasteiger charge is -2.29. The van der Waals surface area contributed by atoms with E-state index >= 15 is 0 Å². The molecule has 1 aliphatic rings. The van der Waals surface area contributed by atoms with Crippen molar-refractivity contribution in [2.24, 2.45) is 5.92 Å². The number of piperidine rings is 1. The number of amides is 2. The fraction of sp³-hybridized carbons (Fsp3) is 0.900. The van der Waals surface area contributed by atoms with E-state index in [0.717, 1.165) is 26.2 Å². The van der Waals surface area contributed by atoms with E-state index in [-0.39, 0.29) is 6.03 Å². The molecule has 1 saturated heterocycles. The summed E-state index contributed by atoms with van der Waals surface area (Å²) in [6, 6.07) is 0.0399. The standard InChI is InChI=1S/C10H21N3O/c1-3-13(10(14)11-2)8-9-5-4-6-12-7-9/h9,12H,3-8H2,1-2H3,(H,11,14). The van der Waals surface area contributed by atoms with Crippen molar-refractivity contribution < 1.29 is 4.79 Å². The normalized spacial score (nSPS) is 21.7. The summed E-state index contributed by atoms with van der Waals surface area (Å²) in [4.78, 5) is 13.3. The van der Waals surface area contributed by atoms with E-state index in [1.54, 1.807) is 7.05 Å². The number of urea groups is 1. The molecule has 4 nitrogen and oxygen atoms in total. The lowest BCUT2D eigenvalue weighted by Crippen LogP contribution is -2.44. The molecule has 2 amide bonds. The van der Waals surface area contributed by atoms with Gasteiger partial charge in [0.15, 0.2) is 0 Å². The molecule has 4 heteroatoms. The van der Waals surface area contributed by atoms with E-state index < -0.39 is 0 Å². The van der Waals surface area contributed by atoms with Crippen LogP contribution >= 0.6 is 0 Å². The molecule has 0 aliphatic carbocycles. The summed E-state index contributed by atoms with van der Waals surface area (Å²) < 4.78 is 0. The summed E-state index contributed by atoms with van der Waals surface area (Å²) in [7, 11) is 1.68. The quantitative estimate of drug-likeness (QED) is 0.701. The van der Waals surface area contributed by atoms with Crippen LogP contribution in [0.25, 0.3) is 0 Å². The molecule has 2 N–H and O–H groups in total. The SMILES string of the molecule is CCN(CC1CCCNC1)C(=O)NC. The molecule has 82 valence electrons. The topological polar surface area (TPSA) is 44.4 Å². The van der Waals surface area contributed by atoms with E-state index in [0.29, 0.717) is 5.92 Å². The minimum atomic E-state index is 0.0399. The van der Waals surface area contributed by atoms with Gasteiger partial charge in [-0.3, -0.25) is 0 Å². The Kier molecular flexibility index (Phi) is 4.73. The van der Waals surface area contributed by atoms with Crippen molar-refractivity contribution >= 4 is 6.03 Å². The maximum absolute atomic E-state index is 11.4. The predicted octanol–water partition coefficient (Wildman–Crippen LogP) is 0.647. The maximum atomic E-state index is 11.4. The Labute approximate surface area is 86.0 Å². The van der Waals surface area contributed by atoms with Crippen LogP contribution in [0.5, 0.6) is 0 Å². The fourth-order valence-corrected chi connectivity index (χ4v) is 1.91. The van der Waals surface area contributed by atoms with Crippen molar-refractivity contribution in [1.82, 2.24) is 15.5 Å². The van der Waals surface area contributed by atoms with Crippen LogP contribution in [0.3, 0.4) is 0 Å². The molecule has 0 bridgehead atoms. The average molecular weight is 199 g/mol. The second-order valence-electron chi connectivity index (χ2n) is 3.81. The second-order valence-corrected chi connectivity index (χ2v) is 3.81. The molecule has 1 atom stereocenters. The first kappa shape index (κ1) is 11.3. The molecule has 1 heterocycles. The Morgan fingerprint density at radius 2 is 2.43 bits per heavy atom. The number of rotatable bonds is 3. The Balaban J connectivity index is 2.34. The molecular formula is C10H21N3O. The van der Waals surface area contributed by atoms with Crippen LogP contribution in [0, 0.1) is 5.92 Å². The van der Waals surface area contributed by atoms with E-state index in [4.69, 9.17) is 0 Å². The monoisotopic (exact) mass is 199 g/mol. The summed E-state index contributed by atoms with van der Waals surface area (Å²) in [6.07, 6.45) is 2.47. The molecule has 0 spiro atoms. The summed E-state index contributed by atoms with van der Waals surface area (Å²) in [5.74, 6) is 0.626. The number of hydrogen-bond acceptors (Lipinski definition) is 2. The number of hydrogen-bond donors (Lipinski definition) is 2. The Hall–Kier alpha value is -0.770. The van der Waals surface area contributed by atoms with Gasteiger partial charge in [-0.15, -0.1) is 0 Å². The van der Waals surface area contributed by atoms with E-state index in [9.17, 15) is 4.79 Å². The Morgan fingerprint density at radius 1 is 1.64 bits per heavy atom. The van der Waals surface area contributed by atoms with Gasteiger partial charge in [0.1, 0.15) is 0 Å². The minimum absolute atomic E-state index is 0.0399. The molecule has 0 aromatic rings. The predicted molar refractivity (Wildman–Crippen MR) is 57.3 cm³/mol. The molecule has 1 fully saturated rings. The third-order valence-corrected chi connectivity index (χ3v) is 2.76. The number of nitrogens with one attached hydrogen (secondary N) is 2. The van der Waals surface area contributed by atoms with Crippen molar-refractivity contribution in [3.8, 4) is 0 Å². The first-order valence-electron chi connectivity index (χ1n) is 5.45. The summed E-state index contributed by atoms with van der Waals surface area (Å²) in [6.45, 7) is 5.86.